The number of hydrogen-bond acceptors (Lipinski definition) is 4. The van der Waals surface area contributed by atoms with E-state index >= 15 is 0 Å². The Morgan fingerprint density at radius 2 is 1.82 bits per heavy atom. The minimum absolute atomic E-state index is 0.00826. The first-order chi connectivity index (χ1) is 13.5. The fourth-order valence-electron chi connectivity index (χ4n) is 3.12. The van der Waals surface area contributed by atoms with Gasteiger partial charge in [-0.3, -0.25) is 4.79 Å². The van der Waals surface area contributed by atoms with Crippen molar-refractivity contribution in [2.45, 2.75) is 32.7 Å². The van der Waals surface area contributed by atoms with Gasteiger partial charge in [-0.15, -0.1) is 11.3 Å². The van der Waals surface area contributed by atoms with Crippen molar-refractivity contribution in [2.24, 2.45) is 5.92 Å². The molecule has 146 valence electrons. The van der Waals surface area contributed by atoms with E-state index in [0.717, 1.165) is 28.4 Å². The maximum absolute atomic E-state index is 12.6. The quantitative estimate of drug-likeness (QED) is 0.597. The molecule has 1 unspecified atom stereocenters. The van der Waals surface area contributed by atoms with Crippen LogP contribution in [0.25, 0.3) is 0 Å². The van der Waals surface area contributed by atoms with E-state index in [-0.39, 0.29) is 17.9 Å². The summed E-state index contributed by atoms with van der Waals surface area (Å²) in [6, 6.07) is 18.1. The second-order valence-electron chi connectivity index (χ2n) is 7.13. The lowest BCUT2D eigenvalue weighted by Crippen LogP contribution is -2.32. The molecule has 1 N–H and O–H groups in total. The van der Waals surface area contributed by atoms with Gasteiger partial charge >= 0.3 is 0 Å². The molecule has 0 aliphatic heterocycles. The summed E-state index contributed by atoms with van der Waals surface area (Å²) in [5.41, 5.74) is 3.13. The molecule has 3 rings (SSSR count). The number of nitrogens with zero attached hydrogens (tertiary/aromatic N) is 1. The highest BCUT2D eigenvalue weighted by atomic mass is 32.1. The van der Waals surface area contributed by atoms with Gasteiger partial charge in [0.15, 0.2) is 0 Å². The monoisotopic (exact) mass is 394 g/mol. The van der Waals surface area contributed by atoms with E-state index in [4.69, 9.17) is 4.74 Å². The minimum Gasteiger partial charge on any atom is -0.497 e. The van der Waals surface area contributed by atoms with E-state index in [0.29, 0.717) is 6.42 Å². The zero-order chi connectivity index (χ0) is 19.9. The third-order valence-corrected chi connectivity index (χ3v) is 5.49. The maximum atomic E-state index is 12.6. The Bertz CT molecular complexity index is 888. The van der Waals surface area contributed by atoms with Gasteiger partial charge in [0.1, 0.15) is 5.75 Å². The van der Waals surface area contributed by atoms with Crippen LogP contribution in [0.4, 0.5) is 0 Å². The van der Waals surface area contributed by atoms with Crippen LogP contribution in [0.15, 0.2) is 60.0 Å². The van der Waals surface area contributed by atoms with Crippen molar-refractivity contribution in [3.8, 4) is 5.75 Å². The molecule has 1 atom stereocenters. The zero-order valence-electron chi connectivity index (χ0n) is 16.5. The van der Waals surface area contributed by atoms with Gasteiger partial charge in [-0.1, -0.05) is 56.3 Å². The molecule has 0 saturated heterocycles. The Kier molecular flexibility index (Phi) is 6.82. The molecule has 1 heterocycles. The predicted octanol–water partition coefficient (Wildman–Crippen LogP) is 4.80. The highest BCUT2D eigenvalue weighted by molar-refractivity contribution is 7.09. The lowest BCUT2D eigenvalue weighted by molar-refractivity contribution is -0.121. The standard InChI is InChI=1S/C23H26N2O2S/c1-16(2)23(18-9-11-20(27-3)12-10-18)25-21(26)14-19-15-28-22(24-19)13-17-7-5-4-6-8-17/h4-12,15-16,23H,13-14H2,1-3H3,(H,25,26). The van der Waals surface area contributed by atoms with Gasteiger partial charge in [-0.05, 0) is 29.2 Å². The fraction of sp³-hybridized carbons (Fsp3) is 0.304. The van der Waals surface area contributed by atoms with Crippen molar-refractivity contribution >= 4 is 17.2 Å². The van der Waals surface area contributed by atoms with Crippen LogP contribution in [0.2, 0.25) is 0 Å². The van der Waals surface area contributed by atoms with Gasteiger partial charge < -0.3 is 10.1 Å². The van der Waals surface area contributed by atoms with Crippen LogP contribution in [-0.2, 0) is 17.6 Å². The number of carbonyl (C=O) groups is 1. The number of methoxy groups -OCH3 is 1. The van der Waals surface area contributed by atoms with E-state index in [9.17, 15) is 4.79 Å². The molecule has 0 fully saturated rings. The molecule has 2 aromatic carbocycles. The average molecular weight is 395 g/mol. The maximum Gasteiger partial charge on any atom is 0.226 e. The summed E-state index contributed by atoms with van der Waals surface area (Å²) in [7, 11) is 1.65. The predicted molar refractivity (Wildman–Crippen MR) is 114 cm³/mol. The number of nitrogens with one attached hydrogen (secondary N) is 1. The molecule has 0 aliphatic rings. The minimum atomic E-state index is -0.0409. The summed E-state index contributed by atoms with van der Waals surface area (Å²) in [6.07, 6.45) is 1.10. The van der Waals surface area contributed by atoms with Crippen LogP contribution in [0.1, 0.15) is 41.7 Å². The van der Waals surface area contributed by atoms with E-state index in [2.05, 4.69) is 36.3 Å². The molecule has 0 saturated carbocycles. The van der Waals surface area contributed by atoms with E-state index in [1.54, 1.807) is 18.4 Å². The number of rotatable bonds is 8. The number of aromatic nitrogens is 1. The molecule has 28 heavy (non-hydrogen) atoms. The second kappa shape index (κ2) is 9.51. The van der Waals surface area contributed by atoms with Crippen LogP contribution in [0.5, 0.6) is 5.75 Å². The summed E-state index contributed by atoms with van der Waals surface area (Å²) < 4.78 is 5.22. The largest absolute Gasteiger partial charge is 0.497 e. The normalized spacial score (nSPS) is 12.0. The Morgan fingerprint density at radius 3 is 2.46 bits per heavy atom. The lowest BCUT2D eigenvalue weighted by atomic mass is 9.95. The van der Waals surface area contributed by atoms with Crippen LogP contribution in [0.3, 0.4) is 0 Å². The molecular formula is C23H26N2O2S. The second-order valence-corrected chi connectivity index (χ2v) is 8.08. The molecule has 0 bridgehead atoms. The Morgan fingerprint density at radius 1 is 1.11 bits per heavy atom. The van der Waals surface area contributed by atoms with Crippen molar-refractivity contribution in [1.29, 1.82) is 0 Å². The number of carbonyl (C=O) groups excluding carboxylic acids is 1. The molecule has 3 aromatic rings. The fourth-order valence-corrected chi connectivity index (χ4v) is 3.94. The Hall–Kier alpha value is -2.66. The smallest absolute Gasteiger partial charge is 0.226 e. The van der Waals surface area contributed by atoms with Gasteiger partial charge in [0, 0.05) is 11.8 Å². The van der Waals surface area contributed by atoms with Gasteiger partial charge in [0.05, 0.1) is 30.3 Å². The summed E-state index contributed by atoms with van der Waals surface area (Å²) >= 11 is 1.61. The molecule has 0 spiro atoms. The number of benzene rings is 2. The first kappa shape index (κ1) is 20.1. The van der Waals surface area contributed by atoms with Gasteiger partial charge in [-0.25, -0.2) is 4.98 Å². The van der Waals surface area contributed by atoms with Crippen LogP contribution >= 0.6 is 11.3 Å². The third kappa shape index (κ3) is 5.42. The van der Waals surface area contributed by atoms with Crippen LogP contribution in [-0.4, -0.2) is 18.0 Å². The van der Waals surface area contributed by atoms with Crippen molar-refractivity contribution in [3.05, 3.63) is 81.8 Å². The first-order valence-electron chi connectivity index (χ1n) is 9.45. The third-order valence-electron chi connectivity index (χ3n) is 4.60. The first-order valence-corrected chi connectivity index (χ1v) is 10.3. The summed E-state index contributed by atoms with van der Waals surface area (Å²) in [5, 5.41) is 6.18. The SMILES string of the molecule is COc1ccc(C(NC(=O)Cc2csc(Cc3ccccc3)n2)C(C)C)cc1. The Labute approximate surface area is 170 Å². The van der Waals surface area contributed by atoms with E-state index in [1.807, 2.05) is 47.8 Å². The lowest BCUT2D eigenvalue weighted by Gasteiger charge is -2.23. The average Bonchev–Trinajstić information content (AvgIpc) is 3.13. The van der Waals surface area contributed by atoms with Crippen LogP contribution in [0, 0.1) is 5.92 Å². The summed E-state index contributed by atoms with van der Waals surface area (Å²) in [5.74, 6) is 1.08. The summed E-state index contributed by atoms with van der Waals surface area (Å²) in [6.45, 7) is 4.21. The number of amides is 1. The van der Waals surface area contributed by atoms with Crippen LogP contribution < -0.4 is 10.1 Å². The summed E-state index contributed by atoms with van der Waals surface area (Å²) in [4.78, 5) is 17.3. The highest BCUT2D eigenvalue weighted by Crippen LogP contribution is 2.24. The molecule has 0 radical (unpaired) electrons. The molecule has 4 nitrogen and oxygen atoms in total. The molecule has 1 amide bonds. The van der Waals surface area contributed by atoms with E-state index < -0.39 is 0 Å². The van der Waals surface area contributed by atoms with Crippen molar-refractivity contribution in [1.82, 2.24) is 10.3 Å². The molecule has 0 aliphatic carbocycles. The Balaban J connectivity index is 1.61. The zero-order valence-corrected chi connectivity index (χ0v) is 17.3. The molecule has 1 aromatic heterocycles. The number of thiazole rings is 1. The molecule has 5 heteroatoms. The highest BCUT2D eigenvalue weighted by Gasteiger charge is 2.19. The van der Waals surface area contributed by atoms with Gasteiger partial charge in [0.25, 0.3) is 0 Å². The number of ether oxygens (including phenoxy) is 1. The van der Waals surface area contributed by atoms with Gasteiger partial charge in [-0.2, -0.15) is 0 Å². The van der Waals surface area contributed by atoms with Crippen molar-refractivity contribution < 1.29 is 9.53 Å². The van der Waals surface area contributed by atoms with Crippen molar-refractivity contribution in [3.63, 3.8) is 0 Å². The topological polar surface area (TPSA) is 51.2 Å². The van der Waals surface area contributed by atoms with Crippen molar-refractivity contribution in [2.75, 3.05) is 7.11 Å². The van der Waals surface area contributed by atoms with E-state index in [1.165, 1.54) is 5.56 Å². The number of hydrogen-bond donors (Lipinski definition) is 1. The molecular weight excluding hydrogens is 368 g/mol. The van der Waals surface area contributed by atoms with Gasteiger partial charge in [0.2, 0.25) is 5.91 Å².